The molecule has 0 saturated carbocycles. The average molecular weight is 263 g/mol. The largest absolute Gasteiger partial charge is 0.382 e. The van der Waals surface area contributed by atoms with Gasteiger partial charge in [-0.1, -0.05) is 20.8 Å². The SMILES string of the molecule is CC(C)(C)CNc1snc(N)c1S(C)(=O)=O. The molecule has 0 atom stereocenters. The van der Waals surface area contributed by atoms with Gasteiger partial charge in [0.15, 0.2) is 15.7 Å². The molecule has 1 aromatic heterocycles. The molecule has 92 valence electrons. The normalized spacial score (nSPS) is 12.8. The molecule has 0 aromatic carbocycles. The van der Waals surface area contributed by atoms with E-state index in [1.54, 1.807) is 0 Å². The van der Waals surface area contributed by atoms with E-state index in [-0.39, 0.29) is 16.1 Å². The van der Waals surface area contributed by atoms with Crippen LogP contribution >= 0.6 is 11.5 Å². The van der Waals surface area contributed by atoms with Crippen LogP contribution in [0.15, 0.2) is 4.90 Å². The molecule has 7 heteroatoms. The lowest BCUT2D eigenvalue weighted by Crippen LogP contribution is -2.19. The number of hydrogen-bond acceptors (Lipinski definition) is 6. The van der Waals surface area contributed by atoms with Crippen molar-refractivity contribution in [2.45, 2.75) is 25.7 Å². The van der Waals surface area contributed by atoms with Crippen molar-refractivity contribution in [3.05, 3.63) is 0 Å². The summed E-state index contributed by atoms with van der Waals surface area (Å²) in [6.07, 6.45) is 1.13. The van der Waals surface area contributed by atoms with E-state index in [1.807, 2.05) is 0 Å². The Morgan fingerprint density at radius 1 is 1.44 bits per heavy atom. The number of nitrogens with zero attached hydrogens (tertiary/aromatic N) is 1. The van der Waals surface area contributed by atoms with Crippen LogP contribution < -0.4 is 11.1 Å². The first-order valence-corrected chi connectivity index (χ1v) is 7.47. The summed E-state index contributed by atoms with van der Waals surface area (Å²) in [5, 5.41) is 3.60. The number of nitrogen functional groups attached to an aromatic ring is 1. The molecule has 1 heterocycles. The zero-order valence-corrected chi connectivity index (χ0v) is 11.5. The van der Waals surface area contributed by atoms with Gasteiger partial charge in [-0.25, -0.2) is 8.42 Å². The van der Waals surface area contributed by atoms with E-state index in [2.05, 4.69) is 30.5 Å². The number of sulfone groups is 1. The van der Waals surface area contributed by atoms with Crippen LogP contribution in [-0.2, 0) is 9.84 Å². The van der Waals surface area contributed by atoms with Crippen LogP contribution in [0.4, 0.5) is 10.8 Å². The Kier molecular flexibility index (Phi) is 3.49. The van der Waals surface area contributed by atoms with E-state index in [9.17, 15) is 8.42 Å². The van der Waals surface area contributed by atoms with Crippen molar-refractivity contribution < 1.29 is 8.42 Å². The van der Waals surface area contributed by atoms with Crippen molar-refractivity contribution in [2.75, 3.05) is 23.9 Å². The Labute approximate surface area is 100 Å². The van der Waals surface area contributed by atoms with Gasteiger partial charge in [-0.3, -0.25) is 0 Å². The third-order valence-electron chi connectivity index (χ3n) is 1.82. The summed E-state index contributed by atoms with van der Waals surface area (Å²) >= 11 is 1.08. The number of hydrogen-bond donors (Lipinski definition) is 2. The van der Waals surface area contributed by atoms with Crippen molar-refractivity contribution >= 4 is 32.2 Å². The first-order chi connectivity index (χ1) is 7.11. The summed E-state index contributed by atoms with van der Waals surface area (Å²) in [4.78, 5) is 0.113. The van der Waals surface area contributed by atoms with Crippen LogP contribution in [-0.4, -0.2) is 25.6 Å². The van der Waals surface area contributed by atoms with Crippen LogP contribution in [0.2, 0.25) is 0 Å². The second-order valence-electron chi connectivity index (χ2n) is 4.91. The van der Waals surface area contributed by atoms with Crippen molar-refractivity contribution in [3.8, 4) is 0 Å². The minimum atomic E-state index is -3.33. The molecule has 5 nitrogen and oxygen atoms in total. The fraction of sp³-hybridized carbons (Fsp3) is 0.667. The van der Waals surface area contributed by atoms with Crippen LogP contribution in [0, 0.1) is 5.41 Å². The Balaban J connectivity index is 2.99. The highest BCUT2D eigenvalue weighted by molar-refractivity contribution is 7.91. The molecule has 1 rings (SSSR count). The Morgan fingerprint density at radius 2 is 2.00 bits per heavy atom. The van der Waals surface area contributed by atoms with Crippen LogP contribution in [0.3, 0.4) is 0 Å². The third-order valence-corrected chi connectivity index (χ3v) is 3.93. The molecule has 0 amide bonds. The maximum Gasteiger partial charge on any atom is 0.182 e. The van der Waals surface area contributed by atoms with E-state index in [0.29, 0.717) is 11.5 Å². The van der Waals surface area contributed by atoms with Gasteiger partial charge < -0.3 is 11.1 Å². The van der Waals surface area contributed by atoms with Gasteiger partial charge in [0, 0.05) is 12.8 Å². The van der Waals surface area contributed by atoms with Gasteiger partial charge in [0.2, 0.25) is 0 Å². The monoisotopic (exact) mass is 263 g/mol. The molecule has 0 fully saturated rings. The fourth-order valence-electron chi connectivity index (χ4n) is 1.11. The maximum atomic E-state index is 11.5. The van der Waals surface area contributed by atoms with Crippen molar-refractivity contribution in [3.63, 3.8) is 0 Å². The minimum absolute atomic E-state index is 0.0630. The average Bonchev–Trinajstić information content (AvgIpc) is 2.41. The number of nitrogens with one attached hydrogen (secondary N) is 1. The van der Waals surface area contributed by atoms with E-state index in [0.717, 1.165) is 17.8 Å². The number of aromatic nitrogens is 1. The van der Waals surface area contributed by atoms with Gasteiger partial charge in [-0.2, -0.15) is 4.37 Å². The number of anilines is 2. The van der Waals surface area contributed by atoms with E-state index in [1.165, 1.54) is 0 Å². The Bertz CT molecular complexity index is 471. The molecule has 0 radical (unpaired) electrons. The van der Waals surface area contributed by atoms with Gasteiger partial charge in [0.1, 0.15) is 9.90 Å². The molecule has 0 bridgehead atoms. The summed E-state index contributed by atoms with van der Waals surface area (Å²) in [6, 6.07) is 0. The molecule has 0 aliphatic carbocycles. The van der Waals surface area contributed by atoms with Gasteiger partial charge >= 0.3 is 0 Å². The molecule has 1 aromatic rings. The third kappa shape index (κ3) is 3.34. The Hall–Kier alpha value is -0.820. The molecule has 0 aliphatic heterocycles. The van der Waals surface area contributed by atoms with E-state index >= 15 is 0 Å². The molecule has 0 spiro atoms. The number of rotatable bonds is 3. The predicted octanol–water partition coefficient (Wildman–Crippen LogP) is 1.59. The summed E-state index contributed by atoms with van der Waals surface area (Å²) in [6.45, 7) is 6.84. The molecule has 0 aliphatic rings. The summed E-state index contributed by atoms with van der Waals surface area (Å²) in [5.41, 5.74) is 5.61. The highest BCUT2D eigenvalue weighted by Crippen LogP contribution is 2.32. The van der Waals surface area contributed by atoms with Crippen molar-refractivity contribution in [1.29, 1.82) is 0 Å². The molecule has 0 unspecified atom stereocenters. The van der Waals surface area contributed by atoms with Gasteiger partial charge in [-0.15, -0.1) is 0 Å². The van der Waals surface area contributed by atoms with Gasteiger partial charge in [0.25, 0.3) is 0 Å². The summed E-state index contributed by atoms with van der Waals surface area (Å²) in [7, 11) is -3.33. The smallest absolute Gasteiger partial charge is 0.182 e. The highest BCUT2D eigenvalue weighted by Gasteiger charge is 2.22. The lowest BCUT2D eigenvalue weighted by atomic mass is 9.97. The first-order valence-electron chi connectivity index (χ1n) is 4.80. The second-order valence-corrected chi connectivity index (χ2v) is 7.64. The topological polar surface area (TPSA) is 85.1 Å². The number of nitrogens with two attached hydrogens (primary N) is 1. The maximum absolute atomic E-state index is 11.5. The summed E-state index contributed by atoms with van der Waals surface area (Å²) < 4.78 is 26.9. The van der Waals surface area contributed by atoms with Crippen LogP contribution in [0.5, 0.6) is 0 Å². The van der Waals surface area contributed by atoms with Crippen molar-refractivity contribution in [2.24, 2.45) is 5.41 Å². The van der Waals surface area contributed by atoms with E-state index in [4.69, 9.17) is 5.73 Å². The predicted molar refractivity (Wildman–Crippen MR) is 67.6 cm³/mol. The molecule has 3 N–H and O–H groups in total. The van der Waals surface area contributed by atoms with E-state index < -0.39 is 9.84 Å². The molecular formula is C9H17N3O2S2. The fourth-order valence-corrected chi connectivity index (χ4v) is 3.17. The quantitative estimate of drug-likeness (QED) is 0.865. The molecule has 16 heavy (non-hydrogen) atoms. The standard InChI is InChI=1S/C9H17N3O2S2/c1-9(2,3)5-11-8-6(16(4,13)14)7(10)12-15-8/h11H,5H2,1-4H3,(H2,10,12). The summed E-state index contributed by atoms with van der Waals surface area (Å²) in [5.74, 6) is 0.0731. The Morgan fingerprint density at radius 3 is 2.44 bits per heavy atom. The molecule has 0 saturated heterocycles. The lowest BCUT2D eigenvalue weighted by molar-refractivity contribution is 0.443. The van der Waals surface area contributed by atoms with Crippen molar-refractivity contribution in [1.82, 2.24) is 4.37 Å². The zero-order chi connectivity index (χ0) is 12.6. The second kappa shape index (κ2) is 4.21. The lowest BCUT2D eigenvalue weighted by Gasteiger charge is -2.18. The first kappa shape index (κ1) is 13.2. The van der Waals surface area contributed by atoms with Gasteiger partial charge in [-0.05, 0) is 16.9 Å². The minimum Gasteiger partial charge on any atom is -0.382 e. The molecular weight excluding hydrogens is 246 g/mol. The zero-order valence-electron chi connectivity index (χ0n) is 9.86. The van der Waals surface area contributed by atoms with Gasteiger partial charge in [0.05, 0.1) is 0 Å². The van der Waals surface area contributed by atoms with Crippen LogP contribution in [0.1, 0.15) is 20.8 Å². The van der Waals surface area contributed by atoms with Crippen LogP contribution in [0.25, 0.3) is 0 Å². The highest BCUT2D eigenvalue weighted by atomic mass is 32.2.